The summed E-state index contributed by atoms with van der Waals surface area (Å²) in [5.41, 5.74) is 2.18. The van der Waals surface area contributed by atoms with Gasteiger partial charge in [-0.25, -0.2) is 9.18 Å². The van der Waals surface area contributed by atoms with Gasteiger partial charge in [0.2, 0.25) is 0 Å². The number of pyridine rings is 1. The number of aromatic nitrogens is 1. The van der Waals surface area contributed by atoms with Crippen molar-refractivity contribution in [3.63, 3.8) is 0 Å². The Morgan fingerprint density at radius 1 is 1.27 bits per heavy atom. The van der Waals surface area contributed by atoms with Crippen molar-refractivity contribution in [1.82, 2.24) is 25.8 Å². The van der Waals surface area contributed by atoms with Crippen molar-refractivity contribution in [2.45, 2.75) is 18.9 Å². The maximum Gasteiger partial charge on any atom is 0.319 e. The summed E-state index contributed by atoms with van der Waals surface area (Å²) in [5.74, 6) is 0.00193. The van der Waals surface area contributed by atoms with Gasteiger partial charge in [0.05, 0.1) is 16.8 Å². The Bertz CT molecular complexity index is 1250. The van der Waals surface area contributed by atoms with Crippen molar-refractivity contribution in [2.75, 3.05) is 52.2 Å². The predicted molar refractivity (Wildman–Crippen MR) is 146 cm³/mol. The molecule has 9 nitrogen and oxygen atoms in total. The van der Waals surface area contributed by atoms with Crippen LogP contribution in [0, 0.1) is 5.82 Å². The highest BCUT2D eigenvalue weighted by atomic mass is 32.1. The predicted octanol–water partition coefficient (Wildman–Crippen LogP) is 3.59. The number of urea groups is 1. The number of anilines is 1. The Balaban J connectivity index is 1.47. The molecule has 0 bridgehead atoms. The number of likely N-dealkylation sites (N-methyl/N-ethyl adjacent to an activating group) is 2. The average Bonchev–Trinajstić information content (AvgIpc) is 3.56. The number of amides is 2. The molecule has 3 aromatic rings. The molecular weight excluding hydrogens is 495 g/mol. The Morgan fingerprint density at radius 2 is 2.11 bits per heavy atom. The third-order valence-corrected chi connectivity index (χ3v) is 6.99. The van der Waals surface area contributed by atoms with Gasteiger partial charge in [-0.3, -0.25) is 4.98 Å². The molecule has 1 aliphatic rings. The summed E-state index contributed by atoms with van der Waals surface area (Å²) in [5, 5.41) is 21.0. The van der Waals surface area contributed by atoms with Crippen molar-refractivity contribution in [3.05, 3.63) is 53.4 Å². The molecule has 5 N–H and O–H groups in total. The summed E-state index contributed by atoms with van der Waals surface area (Å²) in [4.78, 5) is 19.5. The second-order valence-corrected chi connectivity index (χ2v) is 9.99. The van der Waals surface area contributed by atoms with E-state index < -0.39 is 5.82 Å². The molecule has 11 heteroatoms. The van der Waals surface area contributed by atoms with E-state index in [9.17, 15) is 9.18 Å². The van der Waals surface area contributed by atoms with Gasteiger partial charge in [-0.2, -0.15) is 0 Å². The quantitative estimate of drug-likeness (QED) is 0.216. The lowest BCUT2D eigenvalue weighted by atomic mass is 10.2. The van der Waals surface area contributed by atoms with Crippen LogP contribution in [0.4, 0.5) is 14.9 Å². The van der Waals surface area contributed by atoms with Gasteiger partial charge in [0.15, 0.2) is 11.6 Å². The highest BCUT2D eigenvalue weighted by Gasteiger charge is 2.23. The Labute approximate surface area is 219 Å². The van der Waals surface area contributed by atoms with Gasteiger partial charge in [-0.15, -0.1) is 11.3 Å². The van der Waals surface area contributed by atoms with Crippen LogP contribution in [0.2, 0.25) is 0 Å². The van der Waals surface area contributed by atoms with Crippen molar-refractivity contribution in [3.8, 4) is 11.5 Å². The molecule has 2 aromatic heterocycles. The van der Waals surface area contributed by atoms with Gasteiger partial charge >= 0.3 is 6.03 Å². The van der Waals surface area contributed by atoms with Gasteiger partial charge < -0.3 is 36.0 Å². The second-order valence-electron chi connectivity index (χ2n) is 8.94. The highest BCUT2D eigenvalue weighted by molar-refractivity contribution is 7.20. The zero-order valence-corrected chi connectivity index (χ0v) is 21.8. The molecule has 0 saturated heterocycles. The van der Waals surface area contributed by atoms with Gasteiger partial charge in [0, 0.05) is 67.3 Å². The molecule has 1 fully saturated rings. The van der Waals surface area contributed by atoms with Crippen LogP contribution in [0.15, 0.2) is 42.7 Å². The first-order valence-corrected chi connectivity index (χ1v) is 13.1. The number of aliphatic hydroxyl groups is 1. The number of carbonyl (C=O) groups excluding carboxylic acids is 1. The molecule has 1 aromatic carbocycles. The molecule has 198 valence electrons. The van der Waals surface area contributed by atoms with Crippen molar-refractivity contribution in [2.24, 2.45) is 0 Å². The van der Waals surface area contributed by atoms with Crippen molar-refractivity contribution in [1.29, 1.82) is 0 Å². The van der Waals surface area contributed by atoms with E-state index in [1.165, 1.54) is 23.5 Å². The minimum atomic E-state index is -0.572. The maximum absolute atomic E-state index is 14.8. The minimum Gasteiger partial charge on any atom is -0.453 e. The number of benzene rings is 1. The molecule has 1 saturated carbocycles. The molecule has 1 aliphatic carbocycles. The van der Waals surface area contributed by atoms with E-state index in [2.05, 4.69) is 31.2 Å². The van der Waals surface area contributed by atoms with Crippen LogP contribution < -0.4 is 26.0 Å². The molecule has 2 heterocycles. The monoisotopic (exact) mass is 528 g/mol. The lowest BCUT2D eigenvalue weighted by Crippen LogP contribution is -2.30. The summed E-state index contributed by atoms with van der Waals surface area (Å²) >= 11 is 1.53. The molecule has 2 amide bonds. The highest BCUT2D eigenvalue weighted by Crippen LogP contribution is 2.38. The lowest BCUT2D eigenvalue weighted by molar-refractivity contribution is 0.223. The first-order valence-electron chi connectivity index (χ1n) is 12.3. The van der Waals surface area contributed by atoms with Crippen LogP contribution in [-0.4, -0.2) is 73.9 Å². The third kappa shape index (κ3) is 7.62. The number of nitrogens with zero attached hydrogens (tertiary/aromatic N) is 2. The number of rotatable bonds is 13. The van der Waals surface area contributed by atoms with Crippen LogP contribution in [0.5, 0.6) is 11.5 Å². The zero-order chi connectivity index (χ0) is 26.2. The van der Waals surface area contributed by atoms with Crippen LogP contribution in [-0.2, 0) is 0 Å². The summed E-state index contributed by atoms with van der Waals surface area (Å²) in [6.07, 6.45) is 5.58. The van der Waals surface area contributed by atoms with Gasteiger partial charge in [-0.1, -0.05) is 0 Å². The van der Waals surface area contributed by atoms with Crippen LogP contribution in [0.25, 0.3) is 15.8 Å². The van der Waals surface area contributed by atoms with E-state index in [0.29, 0.717) is 24.5 Å². The number of ether oxygens (including phenoxy) is 1. The molecular formula is C26H33FN6O3S. The minimum absolute atomic E-state index is 0.0651. The van der Waals surface area contributed by atoms with Crippen LogP contribution in [0.3, 0.4) is 0 Å². The Morgan fingerprint density at radius 3 is 2.84 bits per heavy atom. The van der Waals surface area contributed by atoms with E-state index in [1.807, 2.05) is 26.4 Å². The largest absolute Gasteiger partial charge is 0.453 e. The van der Waals surface area contributed by atoms with Crippen LogP contribution >= 0.6 is 11.3 Å². The second kappa shape index (κ2) is 12.8. The third-order valence-electron chi connectivity index (χ3n) is 5.78. The molecule has 0 atom stereocenters. The standard InChI is InChI=1S/C26H33FN6O3S/c1-28-15-17(16-29-9-10-33(2)11-12-34)24-14-21-25(37-24)23(7-8-30-21)36-22-6-5-19(13-20(22)27)32-26(35)31-18-3-4-18/h5-8,13-14,16,18,28-29,34H,3-4,9-12,15H2,1-2H3,(H2,31,32,35)/b17-16+. The fraction of sp³-hybridized carbons (Fsp3) is 0.385. The molecule has 4 rings (SSSR count). The summed E-state index contributed by atoms with van der Waals surface area (Å²) in [7, 11) is 3.86. The smallest absolute Gasteiger partial charge is 0.319 e. The number of hydrogen-bond acceptors (Lipinski definition) is 8. The van der Waals surface area contributed by atoms with E-state index in [-0.39, 0.29) is 24.4 Å². The Hall–Kier alpha value is -3.25. The molecule has 37 heavy (non-hydrogen) atoms. The number of thiophene rings is 1. The average molecular weight is 529 g/mol. The van der Waals surface area contributed by atoms with Gasteiger partial charge in [0.1, 0.15) is 5.75 Å². The summed E-state index contributed by atoms with van der Waals surface area (Å²) in [6, 6.07) is 7.96. The topological polar surface area (TPSA) is 111 Å². The molecule has 0 radical (unpaired) electrons. The number of nitrogens with one attached hydrogen (secondary N) is 4. The fourth-order valence-corrected chi connectivity index (χ4v) is 4.73. The number of carbonyl (C=O) groups is 1. The lowest BCUT2D eigenvalue weighted by Gasteiger charge is -2.15. The SMILES string of the molecule is CNC/C(=C\NCCN(C)CCO)c1cc2nccc(Oc3ccc(NC(=O)NC4CC4)cc3F)c2s1. The number of hydrogen-bond donors (Lipinski definition) is 5. The van der Waals surface area contributed by atoms with Crippen LogP contribution in [0.1, 0.15) is 17.7 Å². The molecule has 0 aliphatic heterocycles. The van der Waals surface area contributed by atoms with Crippen molar-refractivity contribution >= 4 is 38.8 Å². The summed E-state index contributed by atoms with van der Waals surface area (Å²) < 4.78 is 21.6. The van der Waals surface area contributed by atoms with E-state index in [4.69, 9.17) is 9.84 Å². The fourth-order valence-electron chi connectivity index (χ4n) is 3.65. The first-order chi connectivity index (χ1) is 18.0. The zero-order valence-electron chi connectivity index (χ0n) is 21.0. The van der Waals surface area contributed by atoms with E-state index in [1.54, 1.807) is 18.3 Å². The Kier molecular flexibility index (Phi) is 9.29. The van der Waals surface area contributed by atoms with Gasteiger partial charge in [0.25, 0.3) is 0 Å². The number of aliphatic hydroxyl groups excluding tert-OH is 1. The van der Waals surface area contributed by atoms with Crippen molar-refractivity contribution < 1.29 is 19.0 Å². The molecule has 0 unspecified atom stereocenters. The van der Waals surface area contributed by atoms with Gasteiger partial charge in [-0.05, 0) is 50.7 Å². The normalized spacial score (nSPS) is 13.7. The first kappa shape index (κ1) is 26.8. The van der Waals surface area contributed by atoms with E-state index >= 15 is 0 Å². The summed E-state index contributed by atoms with van der Waals surface area (Å²) in [6.45, 7) is 2.97. The number of fused-ring (bicyclic) bond motifs is 1. The molecule has 0 spiro atoms. The number of halogens is 1. The maximum atomic E-state index is 14.8. The van der Waals surface area contributed by atoms with E-state index in [0.717, 1.165) is 46.6 Å².